The molecule has 3 aromatic rings. The van der Waals surface area contributed by atoms with E-state index in [0.717, 1.165) is 75.3 Å². The predicted molar refractivity (Wildman–Crippen MR) is 161 cm³/mol. The smallest absolute Gasteiger partial charge is 0.386 e. The Morgan fingerprint density at radius 2 is 1.81 bits per heavy atom. The normalized spacial score (nSPS) is 20.6. The van der Waals surface area contributed by atoms with Gasteiger partial charge in [0, 0.05) is 29.4 Å². The molecule has 0 spiro atoms. The molecule has 11 heteroatoms. The number of carbonyl (C=O) groups excluding carboxylic acids is 1. The van der Waals surface area contributed by atoms with Crippen LogP contribution in [-0.4, -0.2) is 63.9 Å². The van der Waals surface area contributed by atoms with Crippen molar-refractivity contribution in [2.75, 3.05) is 38.5 Å². The van der Waals surface area contributed by atoms with Crippen LogP contribution in [0.5, 0.6) is 0 Å². The molecular formula is C32H43F3N6O2. The van der Waals surface area contributed by atoms with E-state index in [0.29, 0.717) is 22.7 Å². The number of amides is 1. The molecular weight excluding hydrogens is 557 g/mol. The first-order chi connectivity index (χ1) is 20.4. The average molecular weight is 601 g/mol. The van der Waals surface area contributed by atoms with Crippen molar-refractivity contribution in [3.8, 4) is 0 Å². The fraction of sp³-hybridized carbons (Fsp3) is 0.594. The van der Waals surface area contributed by atoms with Crippen LogP contribution in [0, 0.1) is 11.8 Å². The number of alkyl halides is 3. The van der Waals surface area contributed by atoms with Crippen molar-refractivity contribution < 1.29 is 23.1 Å². The standard InChI is InChI=1S/C32H43F3N6O2/c1-31(2,43)25-18-27-23(17-28(25)38-30(42)26-5-4-6-29(37-26)32(33,34)35)20-41(39-27)24-9-7-22(8-10-24)19-40(3)16-13-21-11-14-36-15-12-21/h4-6,17-18,20-22,24,36,43H,7-16,19H2,1-3H3,(H,38,42). The molecule has 1 saturated carbocycles. The van der Waals surface area contributed by atoms with Gasteiger partial charge in [0.15, 0.2) is 0 Å². The maximum atomic E-state index is 13.1. The van der Waals surface area contributed by atoms with Gasteiger partial charge < -0.3 is 20.6 Å². The number of hydrogen-bond acceptors (Lipinski definition) is 6. The molecule has 43 heavy (non-hydrogen) atoms. The molecule has 2 aromatic heterocycles. The van der Waals surface area contributed by atoms with Gasteiger partial charge in [0.05, 0.1) is 17.2 Å². The zero-order chi connectivity index (χ0) is 30.8. The molecule has 3 heterocycles. The van der Waals surface area contributed by atoms with Crippen molar-refractivity contribution in [2.24, 2.45) is 11.8 Å². The molecule has 0 radical (unpaired) electrons. The largest absolute Gasteiger partial charge is 0.433 e. The second kappa shape index (κ2) is 12.9. The first-order valence-corrected chi connectivity index (χ1v) is 15.4. The Kier molecular flexibility index (Phi) is 9.43. The molecule has 2 fully saturated rings. The summed E-state index contributed by atoms with van der Waals surface area (Å²) in [6.07, 6.45) is 5.48. The Morgan fingerprint density at radius 1 is 1.09 bits per heavy atom. The van der Waals surface area contributed by atoms with E-state index in [-0.39, 0.29) is 11.7 Å². The van der Waals surface area contributed by atoms with Crippen LogP contribution in [0.4, 0.5) is 18.9 Å². The molecule has 0 unspecified atom stereocenters. The first-order valence-electron chi connectivity index (χ1n) is 15.4. The number of anilines is 1. The number of carbonyl (C=O) groups is 1. The van der Waals surface area contributed by atoms with E-state index >= 15 is 0 Å². The number of aliphatic hydroxyl groups is 1. The van der Waals surface area contributed by atoms with Crippen LogP contribution >= 0.6 is 0 Å². The van der Waals surface area contributed by atoms with Gasteiger partial charge in [0.1, 0.15) is 11.4 Å². The van der Waals surface area contributed by atoms with E-state index in [2.05, 4.69) is 27.6 Å². The van der Waals surface area contributed by atoms with Gasteiger partial charge in [0.2, 0.25) is 0 Å². The number of piperidine rings is 1. The van der Waals surface area contributed by atoms with Crippen LogP contribution < -0.4 is 10.6 Å². The maximum Gasteiger partial charge on any atom is 0.433 e. The fourth-order valence-electron chi connectivity index (χ4n) is 6.49. The third-order valence-electron chi connectivity index (χ3n) is 8.98. The molecule has 1 amide bonds. The quantitative estimate of drug-likeness (QED) is 0.280. The summed E-state index contributed by atoms with van der Waals surface area (Å²) >= 11 is 0. The minimum absolute atomic E-state index is 0.265. The summed E-state index contributed by atoms with van der Waals surface area (Å²) in [7, 11) is 2.24. The number of nitrogens with zero attached hydrogens (tertiary/aromatic N) is 4. The average Bonchev–Trinajstić information content (AvgIpc) is 3.39. The molecule has 1 aromatic carbocycles. The number of hydrogen-bond donors (Lipinski definition) is 3. The second-order valence-corrected chi connectivity index (χ2v) is 12.9. The molecule has 3 N–H and O–H groups in total. The number of nitrogens with one attached hydrogen (secondary N) is 2. The van der Waals surface area contributed by atoms with Crippen LogP contribution in [-0.2, 0) is 11.8 Å². The highest BCUT2D eigenvalue weighted by molar-refractivity contribution is 6.04. The summed E-state index contributed by atoms with van der Waals surface area (Å²) in [6.45, 7) is 7.75. The van der Waals surface area contributed by atoms with Crippen molar-refractivity contribution in [1.82, 2.24) is 25.0 Å². The monoisotopic (exact) mass is 600 g/mol. The second-order valence-electron chi connectivity index (χ2n) is 12.9. The lowest BCUT2D eigenvalue weighted by atomic mass is 9.85. The molecule has 0 atom stereocenters. The van der Waals surface area contributed by atoms with Crippen LogP contribution in [0.15, 0.2) is 36.5 Å². The molecule has 1 saturated heterocycles. The Hall–Kier alpha value is -3.02. The Morgan fingerprint density at radius 3 is 2.49 bits per heavy atom. The van der Waals surface area contributed by atoms with Gasteiger partial charge in [-0.1, -0.05) is 6.07 Å². The molecule has 1 aliphatic heterocycles. The number of halogens is 3. The number of rotatable bonds is 9. The lowest BCUT2D eigenvalue weighted by molar-refractivity contribution is -0.141. The minimum atomic E-state index is -4.66. The zero-order valence-corrected chi connectivity index (χ0v) is 25.3. The highest BCUT2D eigenvalue weighted by Crippen LogP contribution is 2.36. The lowest BCUT2D eigenvalue weighted by Crippen LogP contribution is -2.33. The summed E-state index contributed by atoms with van der Waals surface area (Å²) in [6, 6.07) is 6.93. The Balaban J connectivity index is 1.24. The number of benzene rings is 1. The van der Waals surface area contributed by atoms with Crippen LogP contribution in [0.3, 0.4) is 0 Å². The van der Waals surface area contributed by atoms with Crippen LogP contribution in [0.1, 0.15) is 86.6 Å². The molecule has 5 rings (SSSR count). The Bertz CT molecular complexity index is 1400. The van der Waals surface area contributed by atoms with Gasteiger partial charge in [0.25, 0.3) is 5.91 Å². The van der Waals surface area contributed by atoms with E-state index in [4.69, 9.17) is 5.10 Å². The van der Waals surface area contributed by atoms with Gasteiger partial charge in [-0.2, -0.15) is 18.3 Å². The van der Waals surface area contributed by atoms with Gasteiger partial charge in [-0.25, -0.2) is 4.98 Å². The molecule has 0 bridgehead atoms. The van der Waals surface area contributed by atoms with Gasteiger partial charge >= 0.3 is 6.18 Å². The highest BCUT2D eigenvalue weighted by Gasteiger charge is 2.33. The Labute approximate surface area is 251 Å². The van der Waals surface area contributed by atoms with Crippen molar-refractivity contribution in [3.05, 3.63) is 53.5 Å². The summed E-state index contributed by atoms with van der Waals surface area (Å²) in [5, 5.41) is 22.6. The molecule has 234 valence electrons. The number of fused-ring (bicyclic) bond motifs is 1. The fourth-order valence-corrected chi connectivity index (χ4v) is 6.49. The van der Waals surface area contributed by atoms with Crippen LogP contribution in [0.2, 0.25) is 0 Å². The van der Waals surface area contributed by atoms with Gasteiger partial charge in [-0.05, 0) is 122 Å². The topological polar surface area (TPSA) is 95.3 Å². The number of pyridine rings is 1. The number of aromatic nitrogens is 3. The van der Waals surface area contributed by atoms with E-state index in [1.165, 1.54) is 25.3 Å². The van der Waals surface area contributed by atoms with E-state index in [1.807, 2.05) is 10.9 Å². The van der Waals surface area contributed by atoms with Gasteiger partial charge in [-0.3, -0.25) is 9.48 Å². The lowest BCUT2D eigenvalue weighted by Gasteiger charge is -2.32. The van der Waals surface area contributed by atoms with E-state index in [9.17, 15) is 23.1 Å². The summed E-state index contributed by atoms with van der Waals surface area (Å²) in [5.41, 5.74) is -1.42. The predicted octanol–water partition coefficient (Wildman–Crippen LogP) is 5.98. The van der Waals surface area contributed by atoms with Crippen molar-refractivity contribution in [1.29, 1.82) is 0 Å². The highest BCUT2D eigenvalue weighted by atomic mass is 19.4. The maximum absolute atomic E-state index is 13.1. The summed E-state index contributed by atoms with van der Waals surface area (Å²) in [4.78, 5) is 18.9. The summed E-state index contributed by atoms with van der Waals surface area (Å²) in [5.74, 6) is 0.728. The van der Waals surface area contributed by atoms with E-state index < -0.39 is 23.4 Å². The van der Waals surface area contributed by atoms with Crippen molar-refractivity contribution in [2.45, 2.75) is 76.6 Å². The zero-order valence-electron chi connectivity index (χ0n) is 25.3. The van der Waals surface area contributed by atoms with E-state index in [1.54, 1.807) is 26.0 Å². The van der Waals surface area contributed by atoms with Crippen molar-refractivity contribution >= 4 is 22.5 Å². The third-order valence-corrected chi connectivity index (χ3v) is 8.98. The molecule has 8 nitrogen and oxygen atoms in total. The third kappa shape index (κ3) is 7.93. The van der Waals surface area contributed by atoms with Crippen LogP contribution in [0.25, 0.3) is 10.9 Å². The van der Waals surface area contributed by atoms with Gasteiger partial charge in [-0.15, -0.1) is 0 Å². The van der Waals surface area contributed by atoms with Crippen molar-refractivity contribution in [3.63, 3.8) is 0 Å². The first kappa shape index (κ1) is 31.4. The SMILES string of the molecule is CN(CCC1CCNCC1)CC1CCC(n2cc3cc(NC(=O)c4cccc(C(F)(F)F)n4)c(C(C)(C)O)cc3n2)CC1. The summed E-state index contributed by atoms with van der Waals surface area (Å²) < 4.78 is 41.4. The molecule has 1 aliphatic carbocycles. The minimum Gasteiger partial charge on any atom is -0.386 e. The molecule has 2 aliphatic rings.